The average molecular weight is 667 g/mol. The smallest absolute Gasteiger partial charge is 0.298 e. The molecule has 0 amide bonds. The molecular weight excluding hydrogens is 609 g/mol. The van der Waals surface area contributed by atoms with Crippen LogP contribution in [0.1, 0.15) is 153 Å². The summed E-state index contributed by atoms with van der Waals surface area (Å²) in [5, 5.41) is 0. The Morgan fingerprint density at radius 3 is 1.04 bits per heavy atom. The van der Waals surface area contributed by atoms with Crippen LogP contribution in [-0.2, 0) is 33.1 Å². The Morgan fingerprint density at radius 2 is 0.756 bits per heavy atom. The lowest BCUT2D eigenvalue weighted by atomic mass is 10.0. The van der Waals surface area contributed by atoms with Gasteiger partial charge in [0.15, 0.2) is 11.5 Å². The Kier molecular flexibility index (Phi) is 19.0. The molecule has 7 nitrogen and oxygen atoms in total. The maximum absolute atomic E-state index is 12.4. The van der Waals surface area contributed by atoms with Gasteiger partial charge in [-0.05, 0) is 48.9 Å². The first-order valence-electron chi connectivity index (χ1n) is 17.5. The zero-order chi connectivity index (χ0) is 33.0. The van der Waals surface area contributed by atoms with E-state index < -0.39 is 30.0 Å². The van der Waals surface area contributed by atoms with E-state index in [4.69, 9.17) is 4.74 Å². The summed E-state index contributed by atoms with van der Waals surface area (Å²) in [7, 11) is -9.33. The van der Waals surface area contributed by atoms with Crippen molar-refractivity contribution >= 4 is 20.2 Å². The highest BCUT2D eigenvalue weighted by atomic mass is 32.2. The van der Waals surface area contributed by atoms with Crippen LogP contribution in [0, 0.1) is 0 Å². The van der Waals surface area contributed by atoms with E-state index in [-0.39, 0.29) is 11.5 Å². The predicted octanol–water partition coefficient (Wildman–Crippen LogP) is 10.9. The predicted molar refractivity (Wildman–Crippen MR) is 184 cm³/mol. The summed E-state index contributed by atoms with van der Waals surface area (Å²) in [6.45, 7) is 4.43. The van der Waals surface area contributed by atoms with Crippen molar-refractivity contribution < 1.29 is 30.7 Å². The number of ether oxygens (including phenoxy) is 1. The number of rotatable bonds is 26. The standard InChI is InChI=1S/C36H58O7S2/c1-3-5-7-9-11-13-15-17-19-21-25-31-27-23-29-33(44(37,38)39)35(31)43-36-32(28-24-30-34(36)45(40,41)42)26-22-20-18-16-14-12-10-8-6-4-2/h23-24,27-30H,3-22,25-26H2,1-2H3,(H,37,38,39)(H,40,41,42). The molecule has 2 aromatic rings. The van der Waals surface area contributed by atoms with Gasteiger partial charge in [0, 0.05) is 0 Å². The Balaban J connectivity index is 2.13. The topological polar surface area (TPSA) is 118 Å². The number of aryl methyl sites for hydroxylation is 2. The fourth-order valence-corrected chi connectivity index (χ4v) is 7.18. The van der Waals surface area contributed by atoms with E-state index in [1.807, 2.05) is 0 Å². The van der Waals surface area contributed by atoms with Crippen LogP contribution in [0.2, 0.25) is 0 Å². The fourth-order valence-electron chi connectivity index (χ4n) is 5.86. The summed E-state index contributed by atoms with van der Waals surface area (Å²) in [5.41, 5.74) is 1.14. The largest absolute Gasteiger partial charge is 0.454 e. The maximum Gasteiger partial charge on any atom is 0.298 e. The first kappa shape index (κ1) is 39.2. The molecule has 0 spiro atoms. The summed E-state index contributed by atoms with van der Waals surface area (Å²) in [4.78, 5) is -0.829. The van der Waals surface area contributed by atoms with Crippen molar-refractivity contribution in [1.82, 2.24) is 0 Å². The van der Waals surface area contributed by atoms with E-state index in [2.05, 4.69) is 13.8 Å². The van der Waals surface area contributed by atoms with Gasteiger partial charge in [-0.15, -0.1) is 0 Å². The Morgan fingerprint density at radius 1 is 0.467 bits per heavy atom. The first-order chi connectivity index (χ1) is 21.6. The van der Waals surface area contributed by atoms with Gasteiger partial charge >= 0.3 is 0 Å². The molecule has 0 bridgehead atoms. The van der Waals surface area contributed by atoms with Crippen LogP contribution in [0.15, 0.2) is 46.2 Å². The van der Waals surface area contributed by atoms with Gasteiger partial charge in [0.2, 0.25) is 0 Å². The molecule has 0 unspecified atom stereocenters. The van der Waals surface area contributed by atoms with Crippen LogP contribution in [-0.4, -0.2) is 25.9 Å². The Hall–Kier alpha value is -1.94. The lowest BCUT2D eigenvalue weighted by Crippen LogP contribution is -2.08. The molecule has 0 aliphatic heterocycles. The SMILES string of the molecule is CCCCCCCCCCCCc1cccc(S(=O)(=O)O)c1Oc1c(CCCCCCCCCCCC)cccc1S(=O)(=O)O. The third-order valence-electron chi connectivity index (χ3n) is 8.48. The van der Waals surface area contributed by atoms with Crippen LogP contribution < -0.4 is 4.74 Å². The zero-order valence-electron chi connectivity index (χ0n) is 27.8. The lowest BCUT2D eigenvalue weighted by molar-refractivity contribution is 0.423. The second-order valence-corrected chi connectivity index (χ2v) is 15.2. The van der Waals surface area contributed by atoms with E-state index in [9.17, 15) is 25.9 Å². The molecule has 0 heterocycles. The second kappa shape index (κ2) is 21.8. The third kappa shape index (κ3) is 15.5. The summed E-state index contributed by atoms with van der Waals surface area (Å²) < 4.78 is 75.8. The van der Waals surface area contributed by atoms with E-state index in [0.717, 1.165) is 51.4 Å². The maximum atomic E-state index is 12.4. The quantitative estimate of drug-likeness (QED) is 0.0757. The van der Waals surface area contributed by atoms with Gasteiger partial charge in [0.1, 0.15) is 9.79 Å². The molecular formula is C36H58O7S2. The normalized spacial score (nSPS) is 12.1. The van der Waals surface area contributed by atoms with Crippen molar-refractivity contribution in [2.45, 2.75) is 165 Å². The van der Waals surface area contributed by atoms with Gasteiger partial charge in [-0.3, -0.25) is 9.11 Å². The number of hydrogen-bond acceptors (Lipinski definition) is 5. The molecule has 2 rings (SSSR count). The molecule has 2 N–H and O–H groups in total. The lowest BCUT2D eigenvalue weighted by Gasteiger charge is -2.19. The third-order valence-corrected chi connectivity index (χ3v) is 10.2. The molecule has 0 radical (unpaired) electrons. The van der Waals surface area contributed by atoms with Crippen LogP contribution in [0.4, 0.5) is 0 Å². The Bertz CT molecular complexity index is 1220. The molecule has 0 saturated carbocycles. The van der Waals surface area contributed by atoms with Crippen molar-refractivity contribution in [2.24, 2.45) is 0 Å². The first-order valence-corrected chi connectivity index (χ1v) is 20.3. The second-order valence-electron chi connectivity index (χ2n) is 12.4. The molecule has 0 saturated heterocycles. The van der Waals surface area contributed by atoms with E-state index in [1.165, 1.54) is 89.2 Å². The fraction of sp³-hybridized carbons (Fsp3) is 0.667. The molecule has 0 atom stereocenters. The summed E-state index contributed by atoms with van der Waals surface area (Å²) in [5.74, 6) is -0.173. The van der Waals surface area contributed by atoms with Crippen molar-refractivity contribution in [3.8, 4) is 11.5 Å². The minimum Gasteiger partial charge on any atom is -0.454 e. The van der Waals surface area contributed by atoms with Gasteiger partial charge in [-0.25, -0.2) is 0 Å². The minimum atomic E-state index is -4.66. The molecule has 0 aromatic heterocycles. The van der Waals surface area contributed by atoms with Gasteiger partial charge in [0.25, 0.3) is 20.2 Å². The van der Waals surface area contributed by atoms with Gasteiger partial charge in [-0.2, -0.15) is 16.8 Å². The minimum absolute atomic E-state index is 0.0867. The van der Waals surface area contributed by atoms with Crippen molar-refractivity contribution in [3.05, 3.63) is 47.5 Å². The van der Waals surface area contributed by atoms with Crippen LogP contribution >= 0.6 is 0 Å². The molecule has 9 heteroatoms. The van der Waals surface area contributed by atoms with Gasteiger partial charge in [0.05, 0.1) is 0 Å². The molecule has 0 aliphatic carbocycles. The molecule has 0 fully saturated rings. The monoisotopic (exact) mass is 666 g/mol. The van der Waals surface area contributed by atoms with Gasteiger partial charge < -0.3 is 4.74 Å². The highest BCUT2D eigenvalue weighted by molar-refractivity contribution is 7.86. The van der Waals surface area contributed by atoms with Gasteiger partial charge in [-0.1, -0.05) is 154 Å². The van der Waals surface area contributed by atoms with E-state index in [1.54, 1.807) is 24.3 Å². The number of benzene rings is 2. The molecule has 256 valence electrons. The zero-order valence-corrected chi connectivity index (χ0v) is 29.4. The highest BCUT2D eigenvalue weighted by Crippen LogP contribution is 2.39. The van der Waals surface area contributed by atoms with Crippen molar-refractivity contribution in [2.75, 3.05) is 0 Å². The summed E-state index contributed by atoms with van der Waals surface area (Å²) in [6, 6.07) is 9.11. The summed E-state index contributed by atoms with van der Waals surface area (Å²) >= 11 is 0. The number of unbranched alkanes of at least 4 members (excludes halogenated alkanes) is 18. The van der Waals surface area contributed by atoms with E-state index >= 15 is 0 Å². The van der Waals surface area contributed by atoms with Crippen LogP contribution in [0.3, 0.4) is 0 Å². The summed E-state index contributed by atoms with van der Waals surface area (Å²) in [6.07, 6.45) is 24.2. The molecule has 2 aromatic carbocycles. The number of hydrogen-bond donors (Lipinski definition) is 2. The molecule has 0 aliphatic rings. The highest BCUT2D eigenvalue weighted by Gasteiger charge is 2.25. The molecule has 45 heavy (non-hydrogen) atoms. The van der Waals surface area contributed by atoms with E-state index in [0.29, 0.717) is 24.0 Å². The Labute approximate surface area is 274 Å². The number of para-hydroxylation sites is 2. The average Bonchev–Trinajstić information content (AvgIpc) is 2.99. The van der Waals surface area contributed by atoms with Crippen LogP contribution in [0.5, 0.6) is 11.5 Å². The van der Waals surface area contributed by atoms with Crippen LogP contribution in [0.25, 0.3) is 0 Å². The van der Waals surface area contributed by atoms with Crippen molar-refractivity contribution in [3.63, 3.8) is 0 Å². The van der Waals surface area contributed by atoms with Crippen molar-refractivity contribution in [1.29, 1.82) is 0 Å².